The van der Waals surface area contributed by atoms with Crippen LogP contribution in [0.2, 0.25) is 0 Å². The third-order valence-corrected chi connectivity index (χ3v) is 10.2. The van der Waals surface area contributed by atoms with Crippen molar-refractivity contribution in [3.8, 4) is 5.75 Å². The lowest BCUT2D eigenvalue weighted by Gasteiger charge is -2.39. The number of thioether (sulfide) groups is 1. The summed E-state index contributed by atoms with van der Waals surface area (Å²) in [6.07, 6.45) is 2.60. The van der Waals surface area contributed by atoms with E-state index in [1.165, 1.54) is 18.0 Å². The molecule has 1 N–H and O–H groups in total. The summed E-state index contributed by atoms with van der Waals surface area (Å²) >= 11 is 1.45. The third kappa shape index (κ3) is 6.75. The first kappa shape index (κ1) is 33.1. The van der Waals surface area contributed by atoms with Gasteiger partial charge in [-0.3, -0.25) is 19.2 Å². The highest BCUT2D eigenvalue weighted by atomic mass is 32.2. The van der Waals surface area contributed by atoms with Gasteiger partial charge in [0.1, 0.15) is 29.6 Å². The van der Waals surface area contributed by atoms with E-state index in [0.717, 1.165) is 5.56 Å². The zero-order valence-electron chi connectivity index (χ0n) is 26.0. The van der Waals surface area contributed by atoms with Crippen molar-refractivity contribution in [2.45, 2.75) is 50.3 Å². The van der Waals surface area contributed by atoms with Crippen LogP contribution in [0.5, 0.6) is 5.75 Å². The number of halogens is 3. The number of Topliss-reactive ketones (excluding diaryl/α,β-unsaturated/α-hetero) is 1. The molecular weight excluding hydrogens is 643 g/mol. The fourth-order valence-electron chi connectivity index (χ4n) is 6.13. The monoisotopic (exact) mass is 675 g/mol. The van der Waals surface area contributed by atoms with Crippen LogP contribution >= 0.6 is 11.8 Å². The van der Waals surface area contributed by atoms with Crippen molar-refractivity contribution in [2.24, 2.45) is 0 Å². The number of aromatic nitrogens is 1. The maximum Gasteiger partial charge on any atom is 0.274 e. The van der Waals surface area contributed by atoms with Gasteiger partial charge >= 0.3 is 0 Å². The van der Waals surface area contributed by atoms with Crippen LogP contribution in [0, 0.1) is 17.5 Å². The number of carbonyl (C=O) groups is 3. The summed E-state index contributed by atoms with van der Waals surface area (Å²) in [6.45, 7) is 1.48. The highest BCUT2D eigenvalue weighted by Crippen LogP contribution is 2.40. The van der Waals surface area contributed by atoms with Gasteiger partial charge in [0.15, 0.2) is 17.2 Å². The molecule has 2 aliphatic rings. The summed E-state index contributed by atoms with van der Waals surface area (Å²) in [7, 11) is 0. The van der Waals surface area contributed by atoms with Crippen molar-refractivity contribution in [3.63, 3.8) is 0 Å². The number of nitrogens with one attached hydrogen (secondary N) is 1. The normalized spacial score (nSPS) is 18.5. The Hall–Kier alpha value is -4.84. The molecule has 12 heteroatoms. The lowest BCUT2D eigenvalue weighted by Crippen LogP contribution is -2.49. The summed E-state index contributed by atoms with van der Waals surface area (Å²) in [4.78, 5) is 56.3. The Morgan fingerprint density at radius 1 is 0.958 bits per heavy atom. The molecular formula is C36H32F3N3O5S. The molecule has 0 aliphatic carbocycles. The van der Waals surface area contributed by atoms with E-state index < -0.39 is 58.4 Å². The summed E-state index contributed by atoms with van der Waals surface area (Å²) in [5.74, 6) is -5.05. The largest absolute Gasteiger partial charge is 0.483 e. The van der Waals surface area contributed by atoms with Gasteiger partial charge in [-0.15, -0.1) is 11.8 Å². The summed E-state index contributed by atoms with van der Waals surface area (Å²) in [5, 5.41) is 2.18. The molecule has 0 spiro atoms. The van der Waals surface area contributed by atoms with Crippen molar-refractivity contribution in [3.05, 3.63) is 135 Å². The first-order valence-corrected chi connectivity index (χ1v) is 16.6. The molecule has 0 radical (unpaired) electrons. The van der Waals surface area contributed by atoms with Gasteiger partial charge in [-0.25, -0.2) is 13.2 Å². The lowest BCUT2D eigenvalue weighted by atomic mass is 10.0. The van der Waals surface area contributed by atoms with E-state index in [2.05, 4.69) is 5.32 Å². The van der Waals surface area contributed by atoms with Crippen molar-refractivity contribution in [2.75, 3.05) is 12.3 Å². The second-order valence-electron chi connectivity index (χ2n) is 11.9. The zero-order chi connectivity index (χ0) is 33.9. The first-order valence-electron chi connectivity index (χ1n) is 15.5. The summed E-state index contributed by atoms with van der Waals surface area (Å²) in [6, 6.07) is 18.3. The Kier molecular flexibility index (Phi) is 9.72. The van der Waals surface area contributed by atoms with E-state index in [1.54, 1.807) is 58.0 Å². The minimum atomic E-state index is -1.19. The van der Waals surface area contributed by atoms with Crippen LogP contribution in [0.25, 0.3) is 0 Å². The van der Waals surface area contributed by atoms with Crippen molar-refractivity contribution in [1.82, 2.24) is 14.8 Å². The van der Waals surface area contributed by atoms with Crippen LogP contribution < -0.4 is 15.5 Å². The Morgan fingerprint density at radius 3 is 2.31 bits per heavy atom. The molecule has 3 heterocycles. The molecule has 248 valence electrons. The van der Waals surface area contributed by atoms with Gasteiger partial charge < -0.3 is 19.5 Å². The van der Waals surface area contributed by atoms with Gasteiger partial charge in [0.05, 0.1) is 11.8 Å². The Morgan fingerprint density at radius 2 is 1.62 bits per heavy atom. The van der Waals surface area contributed by atoms with Gasteiger partial charge in [-0.05, 0) is 25.3 Å². The van der Waals surface area contributed by atoms with Gasteiger partial charge in [0.25, 0.3) is 11.8 Å². The third-order valence-electron chi connectivity index (χ3n) is 8.75. The van der Waals surface area contributed by atoms with E-state index in [1.807, 2.05) is 19.1 Å². The number of rotatable bonds is 10. The molecule has 8 nitrogen and oxygen atoms in total. The zero-order valence-corrected chi connectivity index (χ0v) is 26.8. The lowest BCUT2D eigenvalue weighted by molar-refractivity contribution is 0.0602. The van der Waals surface area contributed by atoms with Gasteiger partial charge in [0, 0.05) is 53.8 Å². The number of ether oxygens (including phenoxy) is 1. The van der Waals surface area contributed by atoms with Gasteiger partial charge in [-0.1, -0.05) is 60.7 Å². The smallest absolute Gasteiger partial charge is 0.274 e. The molecule has 3 aromatic carbocycles. The molecule has 4 aromatic rings. The molecule has 1 saturated heterocycles. The maximum atomic E-state index is 14.3. The Bertz CT molecular complexity index is 1900. The fraction of sp³-hybridized carbons (Fsp3) is 0.278. The number of ketones is 1. The minimum absolute atomic E-state index is 0.00640. The molecule has 1 fully saturated rings. The highest BCUT2D eigenvalue weighted by Gasteiger charge is 2.43. The Balaban J connectivity index is 1.39. The maximum absolute atomic E-state index is 14.3. The van der Waals surface area contributed by atoms with E-state index in [9.17, 15) is 32.3 Å². The average molecular weight is 676 g/mol. The van der Waals surface area contributed by atoms with Crippen LogP contribution in [0.1, 0.15) is 68.1 Å². The number of carbonyl (C=O) groups excluding carboxylic acids is 3. The summed E-state index contributed by atoms with van der Waals surface area (Å²) in [5.41, 5.74) is -0.540. The molecule has 0 saturated carbocycles. The van der Waals surface area contributed by atoms with Crippen LogP contribution in [0.15, 0.2) is 83.8 Å². The van der Waals surface area contributed by atoms with Crippen LogP contribution in [-0.2, 0) is 13.2 Å². The summed E-state index contributed by atoms with van der Waals surface area (Å²) < 4.78 is 49.8. The van der Waals surface area contributed by atoms with Gasteiger partial charge in [-0.2, -0.15) is 0 Å². The molecule has 2 amide bonds. The van der Waals surface area contributed by atoms with Crippen molar-refractivity contribution < 1.29 is 32.3 Å². The molecule has 2 aliphatic heterocycles. The SMILES string of the molecule is C[C@H]1CC[C@@H](SCC(=O)c2ccccc2)[C@H]2CN1C(=O)c1c(OCc3ccccc3)c(=O)c(C(=O)NCc3c(F)cc(F)cc3F)cn12. The molecule has 2 bridgehead atoms. The number of fused-ring (bicyclic) bond motifs is 4. The van der Waals surface area contributed by atoms with Crippen molar-refractivity contribution >= 4 is 29.4 Å². The van der Waals surface area contributed by atoms with E-state index in [-0.39, 0.29) is 47.4 Å². The number of pyridine rings is 1. The van der Waals surface area contributed by atoms with Crippen LogP contribution in [-0.4, -0.2) is 50.7 Å². The van der Waals surface area contributed by atoms with Gasteiger partial charge in [0.2, 0.25) is 5.43 Å². The second kappa shape index (κ2) is 14.1. The first-order chi connectivity index (χ1) is 23.1. The molecule has 6 rings (SSSR count). The predicted octanol–water partition coefficient (Wildman–Crippen LogP) is 5.94. The second-order valence-corrected chi connectivity index (χ2v) is 13.1. The number of hydrogen-bond acceptors (Lipinski definition) is 6. The Labute approximate surface area is 278 Å². The number of hydrogen-bond donors (Lipinski definition) is 1. The van der Waals surface area contributed by atoms with Crippen molar-refractivity contribution in [1.29, 1.82) is 0 Å². The number of amides is 2. The minimum Gasteiger partial charge on any atom is -0.483 e. The fourth-order valence-corrected chi connectivity index (χ4v) is 7.41. The van der Waals surface area contributed by atoms with Crippen LogP contribution in [0.3, 0.4) is 0 Å². The topological polar surface area (TPSA) is 97.7 Å². The number of benzene rings is 3. The predicted molar refractivity (Wildman–Crippen MR) is 175 cm³/mol. The van der Waals surface area contributed by atoms with Crippen LogP contribution in [0.4, 0.5) is 13.2 Å². The van der Waals surface area contributed by atoms with E-state index in [0.29, 0.717) is 30.5 Å². The molecule has 0 unspecified atom stereocenters. The molecule has 1 aromatic heterocycles. The quantitative estimate of drug-likeness (QED) is 0.209. The highest BCUT2D eigenvalue weighted by molar-refractivity contribution is 8.00. The molecule has 3 atom stereocenters. The standard InChI is InChI=1S/C36H32F3N3O5S/c1-21-12-13-31(48-20-30(43)23-10-6-3-7-11-23)29-18-41(21)36(46)32-34(47-19-22-8-4-2-5-9-22)33(44)26(17-42(29)32)35(45)40-16-25-27(38)14-24(37)15-28(25)39/h2-11,14-15,17,21,29,31H,12-13,16,18-20H2,1H3,(H,40,45)/t21-,29+,31+/m0/s1. The average Bonchev–Trinajstić information content (AvgIpc) is 3.22. The molecule has 48 heavy (non-hydrogen) atoms. The number of nitrogens with zero attached hydrogens (tertiary/aromatic N) is 2. The van der Waals surface area contributed by atoms with E-state index in [4.69, 9.17) is 4.74 Å². The van der Waals surface area contributed by atoms with E-state index >= 15 is 0 Å².